The fourth-order valence-corrected chi connectivity index (χ4v) is 1.97. The van der Waals surface area contributed by atoms with Gasteiger partial charge in [0.25, 0.3) is 0 Å². The Balaban J connectivity index is 1.62. The third kappa shape index (κ3) is 5.87. The molecule has 0 radical (unpaired) electrons. The number of ether oxygens (including phenoxy) is 1. The van der Waals surface area contributed by atoms with Crippen molar-refractivity contribution in [1.82, 2.24) is 15.3 Å². The van der Waals surface area contributed by atoms with Crippen LogP contribution in [0.2, 0.25) is 0 Å². The Labute approximate surface area is 130 Å². The number of rotatable bonds is 8. The molecule has 118 valence electrons. The van der Waals surface area contributed by atoms with Gasteiger partial charge in [0, 0.05) is 18.4 Å². The lowest BCUT2D eigenvalue weighted by atomic mass is 10.2. The summed E-state index contributed by atoms with van der Waals surface area (Å²) in [6.45, 7) is 3.23. The standard InChI is InChI=1S/C16H23N5O/c1-13(11-22-15-7-3-2-4-8-15)21-16(17)19-9-5-6-14-10-18-12-20-14/h2-4,7-8,10,12-13H,5-6,9,11H2,1H3,(H,18,20)(H3,17,19,21). The highest BCUT2D eigenvalue weighted by atomic mass is 16.5. The van der Waals surface area contributed by atoms with Crippen molar-refractivity contribution >= 4 is 5.96 Å². The smallest absolute Gasteiger partial charge is 0.188 e. The van der Waals surface area contributed by atoms with Crippen molar-refractivity contribution in [2.24, 2.45) is 10.7 Å². The molecule has 0 fully saturated rings. The minimum atomic E-state index is 0.0940. The number of nitrogens with one attached hydrogen (secondary N) is 2. The molecule has 4 N–H and O–H groups in total. The van der Waals surface area contributed by atoms with E-state index in [-0.39, 0.29) is 6.04 Å². The summed E-state index contributed by atoms with van der Waals surface area (Å²) in [6, 6.07) is 9.81. The van der Waals surface area contributed by atoms with Crippen molar-refractivity contribution in [2.45, 2.75) is 25.8 Å². The number of aliphatic imine (C=N–C) groups is 1. The van der Waals surface area contributed by atoms with E-state index in [1.165, 1.54) is 0 Å². The molecule has 2 rings (SSSR count). The van der Waals surface area contributed by atoms with Gasteiger partial charge in [0.05, 0.1) is 12.4 Å². The maximum absolute atomic E-state index is 5.87. The molecule has 0 saturated carbocycles. The van der Waals surface area contributed by atoms with E-state index in [1.54, 1.807) is 6.33 Å². The SMILES string of the molecule is CC(COc1ccccc1)NC(N)=NCCCc1cnc[nH]1. The van der Waals surface area contributed by atoms with Crippen molar-refractivity contribution in [1.29, 1.82) is 0 Å². The van der Waals surface area contributed by atoms with Crippen LogP contribution in [0.25, 0.3) is 0 Å². The lowest BCUT2D eigenvalue weighted by Gasteiger charge is -2.15. The van der Waals surface area contributed by atoms with Gasteiger partial charge in [-0.25, -0.2) is 4.98 Å². The number of nitrogens with two attached hydrogens (primary N) is 1. The highest BCUT2D eigenvalue weighted by Crippen LogP contribution is 2.08. The van der Waals surface area contributed by atoms with E-state index in [0.717, 1.165) is 24.3 Å². The maximum atomic E-state index is 5.87. The first-order valence-electron chi connectivity index (χ1n) is 7.45. The zero-order chi connectivity index (χ0) is 15.6. The van der Waals surface area contributed by atoms with E-state index < -0.39 is 0 Å². The number of benzene rings is 1. The highest BCUT2D eigenvalue weighted by Gasteiger charge is 2.03. The van der Waals surface area contributed by atoms with Gasteiger partial charge in [-0.05, 0) is 31.9 Å². The Hall–Kier alpha value is -2.50. The number of aryl methyl sites for hydroxylation is 1. The predicted octanol–water partition coefficient (Wildman–Crippen LogP) is 1.71. The van der Waals surface area contributed by atoms with Gasteiger partial charge in [0.2, 0.25) is 0 Å². The maximum Gasteiger partial charge on any atom is 0.188 e. The van der Waals surface area contributed by atoms with Gasteiger partial charge in [-0.15, -0.1) is 0 Å². The summed E-state index contributed by atoms with van der Waals surface area (Å²) in [5, 5.41) is 3.13. The second-order valence-electron chi connectivity index (χ2n) is 5.12. The van der Waals surface area contributed by atoms with Gasteiger partial charge in [-0.3, -0.25) is 4.99 Å². The van der Waals surface area contributed by atoms with E-state index in [2.05, 4.69) is 20.3 Å². The molecule has 1 unspecified atom stereocenters. The van der Waals surface area contributed by atoms with E-state index in [9.17, 15) is 0 Å². The number of aromatic amines is 1. The molecule has 0 aliphatic rings. The lowest BCUT2D eigenvalue weighted by Crippen LogP contribution is -2.41. The van der Waals surface area contributed by atoms with Crippen LogP contribution >= 0.6 is 0 Å². The number of nitrogens with zero attached hydrogens (tertiary/aromatic N) is 2. The highest BCUT2D eigenvalue weighted by molar-refractivity contribution is 5.78. The zero-order valence-corrected chi connectivity index (χ0v) is 12.8. The normalized spacial score (nSPS) is 12.9. The summed E-state index contributed by atoms with van der Waals surface area (Å²) < 4.78 is 5.66. The summed E-state index contributed by atoms with van der Waals surface area (Å²) in [5.41, 5.74) is 6.98. The minimum Gasteiger partial charge on any atom is -0.491 e. The molecule has 1 aromatic heterocycles. The Kier molecular flexibility index (Phi) is 6.29. The number of aromatic nitrogens is 2. The van der Waals surface area contributed by atoms with Crippen molar-refractivity contribution in [3.05, 3.63) is 48.5 Å². The van der Waals surface area contributed by atoms with E-state index in [4.69, 9.17) is 10.5 Å². The summed E-state index contributed by atoms with van der Waals surface area (Å²) >= 11 is 0. The predicted molar refractivity (Wildman–Crippen MR) is 87.9 cm³/mol. The number of hydrogen-bond acceptors (Lipinski definition) is 3. The van der Waals surface area contributed by atoms with Gasteiger partial charge in [-0.1, -0.05) is 18.2 Å². The van der Waals surface area contributed by atoms with Crippen molar-refractivity contribution in [3.8, 4) is 5.75 Å². The number of hydrogen-bond donors (Lipinski definition) is 3. The fourth-order valence-electron chi connectivity index (χ4n) is 1.97. The number of para-hydroxylation sites is 1. The van der Waals surface area contributed by atoms with Crippen molar-refractivity contribution in [2.75, 3.05) is 13.2 Å². The van der Waals surface area contributed by atoms with Crippen LogP contribution in [-0.2, 0) is 6.42 Å². The summed E-state index contributed by atoms with van der Waals surface area (Å²) in [6.07, 6.45) is 5.36. The summed E-state index contributed by atoms with van der Waals surface area (Å²) in [5.74, 6) is 1.31. The molecule has 0 saturated heterocycles. The molecule has 0 aliphatic heterocycles. The zero-order valence-electron chi connectivity index (χ0n) is 12.8. The van der Waals surface area contributed by atoms with Crippen LogP contribution in [0.15, 0.2) is 47.8 Å². The van der Waals surface area contributed by atoms with Crippen molar-refractivity contribution < 1.29 is 4.74 Å². The van der Waals surface area contributed by atoms with Gasteiger partial charge in [0.15, 0.2) is 5.96 Å². The molecular weight excluding hydrogens is 278 g/mol. The van der Waals surface area contributed by atoms with Crippen LogP contribution in [0, 0.1) is 0 Å². The Morgan fingerprint density at radius 1 is 1.41 bits per heavy atom. The second-order valence-corrected chi connectivity index (χ2v) is 5.12. The molecule has 1 atom stereocenters. The minimum absolute atomic E-state index is 0.0940. The molecule has 0 spiro atoms. The van der Waals surface area contributed by atoms with E-state index in [1.807, 2.05) is 43.5 Å². The van der Waals surface area contributed by atoms with Gasteiger partial charge in [0.1, 0.15) is 12.4 Å². The molecule has 22 heavy (non-hydrogen) atoms. The first-order valence-corrected chi connectivity index (χ1v) is 7.45. The molecule has 1 heterocycles. The topological polar surface area (TPSA) is 88.3 Å². The van der Waals surface area contributed by atoms with Crippen LogP contribution in [0.5, 0.6) is 5.75 Å². The molecular formula is C16H23N5O. The molecule has 2 aromatic rings. The lowest BCUT2D eigenvalue weighted by molar-refractivity contribution is 0.286. The van der Waals surface area contributed by atoms with Gasteiger partial charge in [-0.2, -0.15) is 0 Å². The van der Waals surface area contributed by atoms with Gasteiger partial charge < -0.3 is 20.8 Å². The fraction of sp³-hybridized carbons (Fsp3) is 0.375. The first kappa shape index (κ1) is 15.9. The van der Waals surface area contributed by atoms with Crippen LogP contribution in [0.3, 0.4) is 0 Å². The quantitative estimate of drug-likeness (QED) is 0.393. The molecule has 6 nitrogen and oxygen atoms in total. The van der Waals surface area contributed by atoms with E-state index >= 15 is 0 Å². The molecule has 1 aromatic carbocycles. The summed E-state index contributed by atoms with van der Waals surface area (Å²) in [4.78, 5) is 11.4. The monoisotopic (exact) mass is 301 g/mol. The number of H-pyrrole nitrogens is 1. The van der Waals surface area contributed by atoms with Crippen LogP contribution in [0.4, 0.5) is 0 Å². The number of guanidine groups is 1. The first-order chi connectivity index (χ1) is 10.7. The molecule has 0 bridgehead atoms. The van der Waals surface area contributed by atoms with Crippen LogP contribution < -0.4 is 15.8 Å². The largest absolute Gasteiger partial charge is 0.491 e. The Morgan fingerprint density at radius 3 is 2.95 bits per heavy atom. The van der Waals surface area contributed by atoms with E-state index in [0.29, 0.717) is 19.1 Å². The average molecular weight is 301 g/mol. The van der Waals surface area contributed by atoms with Crippen molar-refractivity contribution in [3.63, 3.8) is 0 Å². The summed E-state index contributed by atoms with van der Waals surface area (Å²) in [7, 11) is 0. The average Bonchev–Trinajstić information content (AvgIpc) is 3.04. The molecule has 6 heteroatoms. The Morgan fingerprint density at radius 2 is 2.23 bits per heavy atom. The molecule has 0 aliphatic carbocycles. The van der Waals surface area contributed by atoms with Crippen LogP contribution in [-0.4, -0.2) is 35.1 Å². The molecule has 0 amide bonds. The number of imidazole rings is 1. The third-order valence-electron chi connectivity index (χ3n) is 3.08. The van der Waals surface area contributed by atoms with Crippen LogP contribution in [0.1, 0.15) is 19.0 Å². The Bertz CT molecular complexity index is 553. The second kappa shape index (κ2) is 8.71. The third-order valence-corrected chi connectivity index (χ3v) is 3.08. The van der Waals surface area contributed by atoms with Gasteiger partial charge >= 0.3 is 0 Å².